The topological polar surface area (TPSA) is 115 Å². The third-order valence-corrected chi connectivity index (χ3v) is 7.90. The van der Waals surface area contributed by atoms with Crippen molar-refractivity contribution in [3.8, 4) is 11.4 Å². The number of carbonyl (C=O) groups excluding carboxylic acids is 1. The largest absolute Gasteiger partial charge is 0.494 e. The first kappa shape index (κ1) is 28.7. The number of carbonyl (C=O) groups is 1. The number of anilines is 2. The van der Waals surface area contributed by atoms with Crippen molar-refractivity contribution in [3.63, 3.8) is 0 Å². The summed E-state index contributed by atoms with van der Waals surface area (Å²) in [5.74, 6) is 0.350. The summed E-state index contributed by atoms with van der Waals surface area (Å²) in [6, 6.07) is 17.9. The molecule has 1 fully saturated rings. The zero-order chi connectivity index (χ0) is 30.1. The Morgan fingerprint density at radius 1 is 1.14 bits per heavy atom. The Kier molecular flexibility index (Phi) is 7.95. The lowest BCUT2D eigenvalue weighted by Gasteiger charge is -2.29. The van der Waals surface area contributed by atoms with Crippen LogP contribution in [0.1, 0.15) is 53.6 Å². The summed E-state index contributed by atoms with van der Waals surface area (Å²) >= 11 is 5.92. The number of rotatable bonds is 8. The number of nitrogens with one attached hydrogen (secondary N) is 2. The van der Waals surface area contributed by atoms with Gasteiger partial charge in [-0.05, 0) is 86.6 Å². The van der Waals surface area contributed by atoms with E-state index in [2.05, 4.69) is 26.6 Å². The van der Waals surface area contributed by atoms with E-state index < -0.39 is 4.92 Å². The Morgan fingerprint density at radius 2 is 1.93 bits per heavy atom. The van der Waals surface area contributed by atoms with E-state index >= 15 is 0 Å². The van der Waals surface area contributed by atoms with Gasteiger partial charge >= 0.3 is 0 Å². The van der Waals surface area contributed by atoms with E-state index in [9.17, 15) is 14.9 Å². The number of amides is 1. The van der Waals surface area contributed by atoms with E-state index in [-0.39, 0.29) is 23.7 Å². The predicted molar refractivity (Wildman–Crippen MR) is 166 cm³/mol. The predicted octanol–water partition coefficient (Wildman–Crippen LogP) is 6.24. The number of nitro groups is 1. The van der Waals surface area contributed by atoms with E-state index in [0.29, 0.717) is 23.0 Å². The van der Waals surface area contributed by atoms with E-state index in [1.807, 2.05) is 68.7 Å². The second-order valence-corrected chi connectivity index (χ2v) is 10.6. The summed E-state index contributed by atoms with van der Waals surface area (Å²) in [5, 5.41) is 18.4. The van der Waals surface area contributed by atoms with E-state index in [1.54, 1.807) is 12.3 Å². The summed E-state index contributed by atoms with van der Waals surface area (Å²) in [4.78, 5) is 29.8. The van der Waals surface area contributed by atoms with Crippen LogP contribution in [-0.2, 0) is 4.79 Å². The minimum Gasteiger partial charge on any atom is -0.494 e. The van der Waals surface area contributed by atoms with Crippen molar-refractivity contribution < 1.29 is 14.5 Å². The number of thiocarbonyl (C=S) groups is 1. The molecular formula is C31H32N6O4S. The number of aromatic nitrogens is 2. The summed E-state index contributed by atoms with van der Waals surface area (Å²) in [6.07, 6.45) is 2.16. The molecule has 0 bridgehead atoms. The number of aryl methyl sites for hydroxylation is 2. The van der Waals surface area contributed by atoms with Crippen molar-refractivity contribution in [3.05, 3.63) is 105 Å². The van der Waals surface area contributed by atoms with Crippen LogP contribution in [0.15, 0.2) is 66.9 Å². The van der Waals surface area contributed by atoms with Crippen LogP contribution in [-0.4, -0.2) is 32.6 Å². The number of nitro benzene ring substituents is 1. The summed E-state index contributed by atoms with van der Waals surface area (Å²) < 4.78 is 7.63. The highest BCUT2D eigenvalue weighted by molar-refractivity contribution is 7.80. The molecule has 0 spiro atoms. The van der Waals surface area contributed by atoms with Crippen LogP contribution in [0.3, 0.4) is 0 Å². The fourth-order valence-corrected chi connectivity index (χ4v) is 5.89. The van der Waals surface area contributed by atoms with Crippen molar-refractivity contribution in [2.75, 3.05) is 17.3 Å². The van der Waals surface area contributed by atoms with Crippen LogP contribution in [0.5, 0.6) is 5.75 Å². The highest BCUT2D eigenvalue weighted by atomic mass is 32.1. The van der Waals surface area contributed by atoms with Gasteiger partial charge in [0.2, 0.25) is 5.91 Å². The third kappa shape index (κ3) is 5.18. The maximum atomic E-state index is 12.0. The van der Waals surface area contributed by atoms with Gasteiger partial charge in [0.15, 0.2) is 5.11 Å². The van der Waals surface area contributed by atoms with E-state index in [0.717, 1.165) is 39.6 Å². The first-order chi connectivity index (χ1) is 20.1. The fraction of sp³-hybridized carbons (Fsp3) is 0.258. The second-order valence-electron chi connectivity index (χ2n) is 10.2. The van der Waals surface area contributed by atoms with Crippen molar-refractivity contribution in [1.29, 1.82) is 0 Å². The van der Waals surface area contributed by atoms with Gasteiger partial charge in [-0.2, -0.15) is 0 Å². The molecule has 2 N–H and O–H groups in total. The molecule has 5 rings (SSSR count). The molecule has 1 saturated heterocycles. The van der Waals surface area contributed by atoms with Gasteiger partial charge in [0.25, 0.3) is 5.69 Å². The zero-order valence-electron chi connectivity index (χ0n) is 24.0. The molecule has 0 aliphatic carbocycles. The van der Waals surface area contributed by atoms with Crippen molar-refractivity contribution in [2.24, 2.45) is 0 Å². The summed E-state index contributed by atoms with van der Waals surface area (Å²) in [5.41, 5.74) is 6.92. The third-order valence-electron chi connectivity index (χ3n) is 7.59. The first-order valence-electron chi connectivity index (χ1n) is 13.6. The van der Waals surface area contributed by atoms with Crippen LogP contribution in [0.2, 0.25) is 0 Å². The van der Waals surface area contributed by atoms with Crippen molar-refractivity contribution >= 4 is 40.3 Å². The molecule has 2 aromatic carbocycles. The van der Waals surface area contributed by atoms with Crippen molar-refractivity contribution in [2.45, 2.75) is 46.2 Å². The lowest BCUT2D eigenvalue weighted by atomic mass is 9.96. The van der Waals surface area contributed by atoms with E-state index in [1.165, 1.54) is 19.2 Å². The molecule has 1 aliphatic rings. The number of hydrogen-bond donors (Lipinski definition) is 2. The van der Waals surface area contributed by atoms with Crippen LogP contribution < -0.4 is 20.3 Å². The number of nitrogens with zero attached hydrogens (tertiary/aromatic N) is 4. The van der Waals surface area contributed by atoms with Gasteiger partial charge in [-0.25, -0.2) is 0 Å². The second kappa shape index (κ2) is 11.6. The first-order valence-corrected chi connectivity index (χ1v) is 14.0. The molecule has 10 nitrogen and oxygen atoms in total. The number of ether oxygens (including phenoxy) is 1. The van der Waals surface area contributed by atoms with Crippen molar-refractivity contribution in [1.82, 2.24) is 14.9 Å². The van der Waals surface area contributed by atoms with Crippen LogP contribution in [0.4, 0.5) is 17.1 Å². The smallest absolute Gasteiger partial charge is 0.273 e. The highest BCUT2D eigenvalue weighted by Gasteiger charge is 2.42. The maximum Gasteiger partial charge on any atom is 0.273 e. The Labute approximate surface area is 249 Å². The normalized spacial score (nSPS) is 16.3. The Balaban J connectivity index is 1.65. The highest BCUT2D eigenvalue weighted by Crippen LogP contribution is 2.45. The van der Waals surface area contributed by atoms with Gasteiger partial charge in [-0.1, -0.05) is 13.0 Å². The summed E-state index contributed by atoms with van der Waals surface area (Å²) in [7, 11) is 1.50. The molecule has 3 heterocycles. The lowest BCUT2D eigenvalue weighted by molar-refractivity contribution is -0.384. The van der Waals surface area contributed by atoms with Gasteiger partial charge < -0.3 is 24.8 Å². The number of non-ortho nitro benzene ring substituents is 1. The molecule has 0 radical (unpaired) electrons. The van der Waals surface area contributed by atoms with Crippen LogP contribution in [0.25, 0.3) is 5.69 Å². The monoisotopic (exact) mass is 584 g/mol. The number of pyridine rings is 1. The zero-order valence-corrected chi connectivity index (χ0v) is 24.9. The number of benzene rings is 2. The van der Waals surface area contributed by atoms with Gasteiger partial charge in [-0.15, -0.1) is 0 Å². The Morgan fingerprint density at radius 3 is 2.57 bits per heavy atom. The van der Waals surface area contributed by atoms with E-state index in [4.69, 9.17) is 17.0 Å². The van der Waals surface area contributed by atoms with Crippen LogP contribution >= 0.6 is 12.2 Å². The minimum atomic E-state index is -0.436. The Hall–Kier alpha value is -4.77. The van der Waals surface area contributed by atoms with Crippen LogP contribution in [0, 0.1) is 30.9 Å². The summed E-state index contributed by atoms with van der Waals surface area (Å²) in [6.45, 7) is 7.79. The molecule has 1 amide bonds. The molecular weight excluding hydrogens is 552 g/mol. The van der Waals surface area contributed by atoms with Gasteiger partial charge in [0.1, 0.15) is 5.75 Å². The quantitative estimate of drug-likeness (QED) is 0.142. The fourth-order valence-electron chi connectivity index (χ4n) is 5.55. The molecule has 4 aromatic rings. The molecule has 11 heteroatoms. The molecule has 42 heavy (non-hydrogen) atoms. The standard InChI is InChI=1S/C31H32N6O4S/c1-6-28(38)33-24-12-10-21(15-18(24)2)36-30(29(34-31(36)42)25-9-7-8-14-32-25)23-16-19(3)35(20(23)4)26-13-11-22(37(39)40)17-27(26)41-5/h7-17,29-30H,6H2,1-5H3,(H,33,38)(H,34,42)/t29-,30+/m0/s1. The molecule has 0 saturated carbocycles. The number of methoxy groups -OCH3 is 1. The molecule has 2 atom stereocenters. The molecule has 216 valence electrons. The lowest BCUT2D eigenvalue weighted by Crippen LogP contribution is -2.29. The number of hydrogen-bond acceptors (Lipinski definition) is 6. The van der Waals surface area contributed by atoms with Gasteiger partial charge in [-0.3, -0.25) is 19.9 Å². The molecule has 1 aliphatic heterocycles. The van der Waals surface area contributed by atoms with Gasteiger partial charge in [0, 0.05) is 41.4 Å². The SMILES string of the molecule is CCC(=O)Nc1ccc(N2C(=S)N[C@@H](c3ccccn3)[C@H]2c2cc(C)n(-c3ccc([N+](=O)[O-])cc3OC)c2C)cc1C. The molecule has 2 aromatic heterocycles. The maximum absolute atomic E-state index is 12.0. The Bertz CT molecular complexity index is 1690. The molecule has 0 unspecified atom stereocenters. The van der Waals surface area contributed by atoms with Gasteiger partial charge in [0.05, 0.1) is 41.6 Å². The average Bonchev–Trinajstić information content (AvgIpc) is 3.48. The average molecular weight is 585 g/mol. The minimum absolute atomic E-state index is 0.0426.